The molecule has 3 rings (SSSR count). The number of phenols is 1. The molecular weight excluding hydrogens is 440 g/mol. The molecule has 0 atom stereocenters. The lowest BCUT2D eigenvalue weighted by molar-refractivity contribution is -0.114. The zero-order chi connectivity index (χ0) is 24.3. The molecule has 0 spiro atoms. The van der Waals surface area contributed by atoms with Crippen LogP contribution < -0.4 is 14.8 Å². The average Bonchev–Trinajstić information content (AvgIpc) is 2.71. The molecule has 0 aliphatic heterocycles. The van der Waals surface area contributed by atoms with Crippen LogP contribution in [0.15, 0.2) is 59.5 Å². The van der Waals surface area contributed by atoms with Crippen molar-refractivity contribution in [1.29, 1.82) is 0 Å². The van der Waals surface area contributed by atoms with Crippen molar-refractivity contribution < 1.29 is 23.1 Å². The summed E-state index contributed by atoms with van der Waals surface area (Å²) in [5.41, 5.74) is 3.24. The third-order valence-electron chi connectivity index (χ3n) is 5.04. The fourth-order valence-corrected chi connectivity index (χ4v) is 4.52. The summed E-state index contributed by atoms with van der Waals surface area (Å²) >= 11 is 0. The van der Waals surface area contributed by atoms with Gasteiger partial charge in [-0.3, -0.25) is 9.52 Å². The average molecular weight is 469 g/mol. The molecule has 0 unspecified atom stereocenters. The monoisotopic (exact) mass is 468 g/mol. The number of ether oxygens (including phenoxy) is 1. The number of aryl methyl sites for hydroxylation is 2. The van der Waals surface area contributed by atoms with Crippen molar-refractivity contribution in [3.05, 3.63) is 71.3 Å². The number of carbonyl (C=O) groups excluding carboxylic acids is 1. The molecule has 0 saturated heterocycles. The number of hydrogen-bond donors (Lipinski definition) is 3. The summed E-state index contributed by atoms with van der Waals surface area (Å²) in [6.45, 7) is 9.04. The van der Waals surface area contributed by atoms with Gasteiger partial charge in [0.25, 0.3) is 10.0 Å². The Bertz CT molecular complexity index is 1260. The van der Waals surface area contributed by atoms with Crippen LogP contribution in [0.3, 0.4) is 0 Å². The van der Waals surface area contributed by atoms with Crippen LogP contribution in [0.1, 0.15) is 43.4 Å². The van der Waals surface area contributed by atoms with Crippen molar-refractivity contribution in [3.8, 4) is 17.2 Å². The maximum absolute atomic E-state index is 12.8. The summed E-state index contributed by atoms with van der Waals surface area (Å²) in [5, 5.41) is 12.6. The standard InChI is InChI=1S/C25H28N2O5S/c1-15(2)23-14-21(8-11-24(23)29)32-25-16(3)12-20(13-17(25)4)27-33(30,31)22-9-6-19(7-10-22)26-18(5)28/h6-15,27,29H,1-5H3,(H,26,28). The quantitative estimate of drug-likeness (QED) is 0.413. The van der Waals surface area contributed by atoms with Crippen LogP contribution in [0.2, 0.25) is 0 Å². The van der Waals surface area contributed by atoms with Gasteiger partial charge in [0.15, 0.2) is 0 Å². The molecule has 0 bridgehead atoms. The van der Waals surface area contributed by atoms with E-state index >= 15 is 0 Å². The second kappa shape index (κ2) is 9.54. The van der Waals surface area contributed by atoms with E-state index < -0.39 is 10.0 Å². The van der Waals surface area contributed by atoms with E-state index in [0.717, 1.165) is 16.7 Å². The first kappa shape index (κ1) is 24.1. The molecule has 8 heteroatoms. The van der Waals surface area contributed by atoms with E-state index in [-0.39, 0.29) is 22.5 Å². The lowest BCUT2D eigenvalue weighted by Crippen LogP contribution is -2.13. The van der Waals surface area contributed by atoms with Crippen LogP contribution in [0.4, 0.5) is 11.4 Å². The summed E-state index contributed by atoms with van der Waals surface area (Å²) in [6.07, 6.45) is 0. The Morgan fingerprint density at radius 1 is 0.939 bits per heavy atom. The van der Waals surface area contributed by atoms with Crippen LogP contribution in [-0.2, 0) is 14.8 Å². The van der Waals surface area contributed by atoms with Crippen LogP contribution in [0, 0.1) is 13.8 Å². The van der Waals surface area contributed by atoms with Gasteiger partial charge in [-0.15, -0.1) is 0 Å². The fourth-order valence-electron chi connectivity index (χ4n) is 3.48. The van der Waals surface area contributed by atoms with E-state index in [9.17, 15) is 18.3 Å². The van der Waals surface area contributed by atoms with Crippen molar-refractivity contribution in [1.82, 2.24) is 0 Å². The first-order valence-electron chi connectivity index (χ1n) is 10.5. The highest BCUT2D eigenvalue weighted by molar-refractivity contribution is 7.92. The molecule has 0 saturated carbocycles. The summed E-state index contributed by atoms with van der Waals surface area (Å²) in [4.78, 5) is 11.2. The number of rotatable bonds is 7. The molecule has 3 aromatic carbocycles. The SMILES string of the molecule is CC(=O)Nc1ccc(S(=O)(=O)Nc2cc(C)c(Oc3ccc(O)c(C(C)C)c3)c(C)c2)cc1. The smallest absolute Gasteiger partial charge is 0.261 e. The van der Waals surface area contributed by atoms with Crippen LogP contribution in [0.25, 0.3) is 0 Å². The van der Waals surface area contributed by atoms with Gasteiger partial charge in [0, 0.05) is 23.9 Å². The number of sulfonamides is 1. The molecule has 7 nitrogen and oxygen atoms in total. The number of hydrogen-bond acceptors (Lipinski definition) is 5. The highest BCUT2D eigenvalue weighted by atomic mass is 32.2. The van der Waals surface area contributed by atoms with Gasteiger partial charge < -0.3 is 15.2 Å². The van der Waals surface area contributed by atoms with Crippen molar-refractivity contribution in [2.24, 2.45) is 0 Å². The van der Waals surface area contributed by atoms with E-state index in [4.69, 9.17) is 4.74 Å². The van der Waals surface area contributed by atoms with Gasteiger partial charge in [-0.05, 0) is 85.5 Å². The number of aromatic hydroxyl groups is 1. The number of amides is 1. The van der Waals surface area contributed by atoms with E-state index in [1.54, 1.807) is 30.3 Å². The Kier molecular flexibility index (Phi) is 6.98. The van der Waals surface area contributed by atoms with Gasteiger partial charge in [-0.2, -0.15) is 0 Å². The molecule has 3 aromatic rings. The molecule has 0 aliphatic rings. The molecule has 174 valence electrons. The van der Waals surface area contributed by atoms with Gasteiger partial charge in [-0.1, -0.05) is 13.8 Å². The van der Waals surface area contributed by atoms with E-state index in [1.165, 1.54) is 31.2 Å². The second-order valence-electron chi connectivity index (χ2n) is 8.23. The lowest BCUT2D eigenvalue weighted by Gasteiger charge is -2.16. The molecule has 0 radical (unpaired) electrons. The van der Waals surface area contributed by atoms with Gasteiger partial charge in [0.1, 0.15) is 17.2 Å². The number of carbonyl (C=O) groups is 1. The van der Waals surface area contributed by atoms with Crippen molar-refractivity contribution >= 4 is 27.3 Å². The zero-order valence-corrected chi connectivity index (χ0v) is 20.1. The van der Waals surface area contributed by atoms with Gasteiger partial charge >= 0.3 is 0 Å². The molecule has 0 aromatic heterocycles. The zero-order valence-electron chi connectivity index (χ0n) is 19.3. The normalized spacial score (nSPS) is 11.3. The summed E-state index contributed by atoms with van der Waals surface area (Å²) in [6, 6.07) is 14.4. The fraction of sp³-hybridized carbons (Fsp3) is 0.240. The molecule has 3 N–H and O–H groups in total. The Morgan fingerprint density at radius 3 is 2.09 bits per heavy atom. The predicted octanol–water partition coefficient (Wildman–Crippen LogP) is 5.68. The maximum atomic E-state index is 12.8. The molecule has 0 aliphatic carbocycles. The predicted molar refractivity (Wildman–Crippen MR) is 130 cm³/mol. The minimum Gasteiger partial charge on any atom is -0.508 e. The first-order valence-corrected chi connectivity index (χ1v) is 12.0. The van der Waals surface area contributed by atoms with Gasteiger partial charge in [0.2, 0.25) is 5.91 Å². The third kappa shape index (κ3) is 5.84. The van der Waals surface area contributed by atoms with Crippen molar-refractivity contribution in [2.75, 3.05) is 10.0 Å². The van der Waals surface area contributed by atoms with Crippen LogP contribution in [0.5, 0.6) is 17.2 Å². The Morgan fingerprint density at radius 2 is 1.55 bits per heavy atom. The number of nitrogens with one attached hydrogen (secondary N) is 2. The van der Waals surface area contributed by atoms with Crippen molar-refractivity contribution in [2.45, 2.75) is 45.4 Å². The first-order chi connectivity index (χ1) is 15.5. The number of benzene rings is 3. The van der Waals surface area contributed by atoms with Crippen LogP contribution in [-0.4, -0.2) is 19.4 Å². The highest BCUT2D eigenvalue weighted by Gasteiger charge is 2.17. The Labute approximate surface area is 194 Å². The van der Waals surface area contributed by atoms with E-state index in [0.29, 0.717) is 22.9 Å². The summed E-state index contributed by atoms with van der Waals surface area (Å²) in [7, 11) is -3.82. The lowest BCUT2D eigenvalue weighted by atomic mass is 10.0. The molecule has 33 heavy (non-hydrogen) atoms. The second-order valence-corrected chi connectivity index (χ2v) is 9.91. The van der Waals surface area contributed by atoms with Crippen molar-refractivity contribution in [3.63, 3.8) is 0 Å². The van der Waals surface area contributed by atoms with Gasteiger partial charge in [0.05, 0.1) is 4.90 Å². The molecular formula is C25H28N2O5S. The summed E-state index contributed by atoms with van der Waals surface area (Å²) < 4.78 is 34.3. The van der Waals surface area contributed by atoms with E-state index in [2.05, 4.69) is 10.0 Å². The molecule has 0 fully saturated rings. The number of phenolic OH excluding ortho intramolecular Hbond substituents is 1. The van der Waals surface area contributed by atoms with Gasteiger partial charge in [-0.25, -0.2) is 8.42 Å². The number of anilines is 2. The largest absolute Gasteiger partial charge is 0.508 e. The maximum Gasteiger partial charge on any atom is 0.261 e. The topological polar surface area (TPSA) is 105 Å². The molecule has 1 amide bonds. The minimum absolute atomic E-state index is 0.0811. The highest BCUT2D eigenvalue weighted by Crippen LogP contribution is 2.35. The Balaban J connectivity index is 1.82. The summed E-state index contributed by atoms with van der Waals surface area (Å²) in [5.74, 6) is 1.35. The molecule has 0 heterocycles. The Hall–Kier alpha value is -3.52. The van der Waals surface area contributed by atoms with Crippen LogP contribution >= 0.6 is 0 Å². The third-order valence-corrected chi connectivity index (χ3v) is 6.44. The minimum atomic E-state index is -3.82. The van der Waals surface area contributed by atoms with E-state index in [1.807, 2.05) is 27.7 Å².